The highest BCUT2D eigenvalue weighted by Crippen LogP contribution is 2.28. The molecule has 0 radical (unpaired) electrons. The SMILES string of the molecule is COc1ccccc1OCCc1cc([C@H]2CCN(C(=O)Cn3nc(C)cc3C)C2)n[nH]1. The molecule has 4 rings (SSSR count). The van der Waals surface area contributed by atoms with Crippen molar-refractivity contribution in [2.75, 3.05) is 26.8 Å². The van der Waals surface area contributed by atoms with Gasteiger partial charge in [0.05, 0.1) is 25.1 Å². The molecule has 0 unspecified atom stereocenters. The van der Waals surface area contributed by atoms with E-state index in [1.165, 1.54) is 0 Å². The highest BCUT2D eigenvalue weighted by Gasteiger charge is 2.29. The number of rotatable bonds is 8. The first kappa shape index (κ1) is 21.0. The van der Waals surface area contributed by atoms with E-state index >= 15 is 0 Å². The van der Waals surface area contributed by atoms with E-state index in [0.29, 0.717) is 19.7 Å². The molecule has 0 spiro atoms. The van der Waals surface area contributed by atoms with Crippen molar-refractivity contribution in [2.45, 2.75) is 39.2 Å². The van der Waals surface area contributed by atoms with Crippen LogP contribution in [0.5, 0.6) is 11.5 Å². The number of H-pyrrole nitrogens is 1. The molecule has 0 aliphatic carbocycles. The van der Waals surface area contributed by atoms with E-state index in [9.17, 15) is 4.79 Å². The Kier molecular flexibility index (Phi) is 6.25. The minimum Gasteiger partial charge on any atom is -0.493 e. The number of para-hydroxylation sites is 2. The third-order valence-electron chi connectivity index (χ3n) is 5.70. The van der Waals surface area contributed by atoms with Gasteiger partial charge in [0.15, 0.2) is 11.5 Å². The second-order valence-electron chi connectivity index (χ2n) is 7.98. The average molecular weight is 424 g/mol. The topological polar surface area (TPSA) is 85.3 Å². The summed E-state index contributed by atoms with van der Waals surface area (Å²) < 4.78 is 12.9. The van der Waals surface area contributed by atoms with Gasteiger partial charge in [-0.25, -0.2) is 0 Å². The lowest BCUT2D eigenvalue weighted by molar-refractivity contribution is -0.131. The lowest BCUT2D eigenvalue weighted by Crippen LogP contribution is -2.32. The first-order valence-corrected chi connectivity index (χ1v) is 10.6. The van der Waals surface area contributed by atoms with Gasteiger partial charge in [-0.2, -0.15) is 10.2 Å². The number of benzene rings is 1. The molecule has 3 heterocycles. The van der Waals surface area contributed by atoms with Crippen LogP contribution in [0.3, 0.4) is 0 Å². The number of carbonyl (C=O) groups excluding carboxylic acids is 1. The number of nitrogens with one attached hydrogen (secondary N) is 1. The molecule has 1 aromatic carbocycles. The molecule has 1 aliphatic heterocycles. The van der Waals surface area contributed by atoms with Gasteiger partial charge in [0, 0.05) is 36.8 Å². The molecule has 1 saturated heterocycles. The Labute approximate surface area is 182 Å². The molecule has 1 aliphatic rings. The van der Waals surface area contributed by atoms with Crippen LogP contribution in [0.15, 0.2) is 36.4 Å². The summed E-state index contributed by atoms with van der Waals surface area (Å²) in [6, 6.07) is 11.7. The number of likely N-dealkylation sites (tertiary alicyclic amines) is 1. The maximum atomic E-state index is 12.7. The first-order chi connectivity index (χ1) is 15.0. The fourth-order valence-corrected chi connectivity index (χ4v) is 4.02. The van der Waals surface area contributed by atoms with Crippen molar-refractivity contribution < 1.29 is 14.3 Å². The van der Waals surface area contributed by atoms with E-state index in [0.717, 1.165) is 53.7 Å². The predicted molar refractivity (Wildman–Crippen MR) is 116 cm³/mol. The summed E-state index contributed by atoms with van der Waals surface area (Å²) in [4.78, 5) is 14.6. The molecule has 1 fully saturated rings. The second-order valence-corrected chi connectivity index (χ2v) is 7.98. The number of amides is 1. The van der Waals surface area contributed by atoms with Gasteiger partial charge in [0.25, 0.3) is 0 Å². The largest absolute Gasteiger partial charge is 0.493 e. The van der Waals surface area contributed by atoms with Gasteiger partial charge < -0.3 is 14.4 Å². The van der Waals surface area contributed by atoms with Crippen molar-refractivity contribution in [3.63, 3.8) is 0 Å². The van der Waals surface area contributed by atoms with E-state index in [-0.39, 0.29) is 11.8 Å². The molecule has 8 nitrogen and oxygen atoms in total. The van der Waals surface area contributed by atoms with Crippen molar-refractivity contribution in [3.8, 4) is 11.5 Å². The van der Waals surface area contributed by atoms with Crippen LogP contribution in [0.2, 0.25) is 0 Å². The van der Waals surface area contributed by atoms with Crippen LogP contribution in [0.1, 0.15) is 35.1 Å². The fraction of sp³-hybridized carbons (Fsp3) is 0.435. The van der Waals surface area contributed by atoms with Gasteiger partial charge in [-0.05, 0) is 44.5 Å². The number of nitrogens with zero attached hydrogens (tertiary/aromatic N) is 4. The summed E-state index contributed by atoms with van der Waals surface area (Å²) in [5, 5.41) is 12.0. The quantitative estimate of drug-likeness (QED) is 0.602. The van der Waals surface area contributed by atoms with Gasteiger partial charge >= 0.3 is 0 Å². The maximum absolute atomic E-state index is 12.7. The van der Waals surface area contributed by atoms with Crippen LogP contribution in [0.4, 0.5) is 0 Å². The third kappa shape index (κ3) is 4.90. The van der Waals surface area contributed by atoms with Gasteiger partial charge in [-0.15, -0.1) is 0 Å². The molecular weight excluding hydrogens is 394 g/mol. The Morgan fingerprint density at radius 1 is 1.23 bits per heavy atom. The molecule has 8 heteroatoms. The van der Waals surface area contributed by atoms with Crippen molar-refractivity contribution in [3.05, 3.63) is 59.2 Å². The van der Waals surface area contributed by atoms with Crippen LogP contribution in [-0.4, -0.2) is 57.6 Å². The van der Waals surface area contributed by atoms with Gasteiger partial charge in [0.2, 0.25) is 5.91 Å². The van der Waals surface area contributed by atoms with Crippen molar-refractivity contribution in [2.24, 2.45) is 0 Å². The van der Waals surface area contributed by atoms with Gasteiger partial charge in [-0.3, -0.25) is 14.6 Å². The second kappa shape index (κ2) is 9.24. The lowest BCUT2D eigenvalue weighted by atomic mass is 10.0. The van der Waals surface area contributed by atoms with Gasteiger partial charge in [0.1, 0.15) is 6.54 Å². The number of aromatic nitrogens is 4. The molecule has 0 bridgehead atoms. The number of aryl methyl sites for hydroxylation is 2. The highest BCUT2D eigenvalue weighted by atomic mass is 16.5. The molecule has 164 valence electrons. The van der Waals surface area contributed by atoms with Crippen LogP contribution in [0, 0.1) is 13.8 Å². The lowest BCUT2D eigenvalue weighted by Gasteiger charge is -2.16. The highest BCUT2D eigenvalue weighted by molar-refractivity contribution is 5.76. The van der Waals surface area contributed by atoms with Crippen LogP contribution >= 0.6 is 0 Å². The number of hydrogen-bond donors (Lipinski definition) is 1. The average Bonchev–Trinajstić information content (AvgIpc) is 3.49. The zero-order valence-corrected chi connectivity index (χ0v) is 18.3. The molecule has 1 amide bonds. The van der Waals surface area contributed by atoms with Crippen LogP contribution in [-0.2, 0) is 17.8 Å². The molecular formula is C23H29N5O3. The third-order valence-corrected chi connectivity index (χ3v) is 5.70. The standard InChI is InChI=1S/C23H29N5O3/c1-16-12-17(2)28(26-16)15-23(29)27-10-8-18(14-27)20-13-19(24-25-20)9-11-31-22-7-5-4-6-21(22)30-3/h4-7,12-13,18H,8-11,14-15H2,1-3H3,(H,24,25)/t18-/m0/s1. The summed E-state index contributed by atoms with van der Waals surface area (Å²) in [6.07, 6.45) is 1.64. The minimum absolute atomic E-state index is 0.106. The van der Waals surface area contributed by atoms with Crippen molar-refractivity contribution in [1.82, 2.24) is 24.9 Å². The Morgan fingerprint density at radius 3 is 2.77 bits per heavy atom. The van der Waals surface area contributed by atoms with E-state index in [4.69, 9.17) is 9.47 Å². The summed E-state index contributed by atoms with van der Waals surface area (Å²) >= 11 is 0. The monoisotopic (exact) mass is 423 g/mol. The molecule has 0 saturated carbocycles. The van der Waals surface area contributed by atoms with Crippen LogP contribution < -0.4 is 9.47 Å². The molecule has 1 atom stereocenters. The molecule has 3 aromatic rings. The Hall–Kier alpha value is -3.29. The van der Waals surface area contributed by atoms with E-state index in [1.807, 2.05) is 49.1 Å². The molecule has 1 N–H and O–H groups in total. The number of methoxy groups -OCH3 is 1. The van der Waals surface area contributed by atoms with Crippen LogP contribution in [0.25, 0.3) is 0 Å². The summed E-state index contributed by atoms with van der Waals surface area (Å²) in [5.41, 5.74) is 3.98. The summed E-state index contributed by atoms with van der Waals surface area (Å²) in [7, 11) is 1.64. The maximum Gasteiger partial charge on any atom is 0.244 e. The van der Waals surface area contributed by atoms with Gasteiger partial charge in [-0.1, -0.05) is 12.1 Å². The minimum atomic E-state index is 0.106. The number of carbonyl (C=O) groups is 1. The zero-order valence-electron chi connectivity index (χ0n) is 18.3. The van der Waals surface area contributed by atoms with Crippen molar-refractivity contribution >= 4 is 5.91 Å². The Balaban J connectivity index is 1.28. The van der Waals surface area contributed by atoms with Crippen molar-refractivity contribution in [1.29, 1.82) is 0 Å². The Morgan fingerprint density at radius 2 is 2.03 bits per heavy atom. The smallest absolute Gasteiger partial charge is 0.244 e. The fourth-order valence-electron chi connectivity index (χ4n) is 4.02. The predicted octanol–water partition coefficient (Wildman–Crippen LogP) is 2.87. The summed E-state index contributed by atoms with van der Waals surface area (Å²) in [5.74, 6) is 1.82. The number of ether oxygens (including phenoxy) is 2. The normalized spacial score (nSPS) is 16.0. The molecule has 2 aromatic heterocycles. The number of hydrogen-bond acceptors (Lipinski definition) is 5. The summed E-state index contributed by atoms with van der Waals surface area (Å²) in [6.45, 7) is 6.18. The Bertz CT molecular complexity index is 1040. The zero-order chi connectivity index (χ0) is 21.8. The van der Waals surface area contributed by atoms with E-state index < -0.39 is 0 Å². The molecule has 31 heavy (non-hydrogen) atoms. The first-order valence-electron chi connectivity index (χ1n) is 10.6. The van der Waals surface area contributed by atoms with E-state index in [1.54, 1.807) is 11.8 Å². The van der Waals surface area contributed by atoms with E-state index in [2.05, 4.69) is 21.4 Å². The number of aromatic amines is 1.